The van der Waals surface area contributed by atoms with Gasteiger partial charge in [-0.1, -0.05) is 35.1 Å². The lowest BCUT2D eigenvalue weighted by molar-refractivity contribution is -0.118. The summed E-state index contributed by atoms with van der Waals surface area (Å²) in [6.45, 7) is -0.187. The maximum absolute atomic E-state index is 12.0. The van der Waals surface area contributed by atoms with Gasteiger partial charge in [0, 0.05) is 0 Å². The van der Waals surface area contributed by atoms with Crippen LogP contribution in [-0.2, 0) is 9.53 Å². The molecular weight excluding hydrogens is 364 g/mol. The van der Waals surface area contributed by atoms with E-state index in [1.165, 1.54) is 18.4 Å². The molecule has 0 saturated carbocycles. The fourth-order valence-corrected chi connectivity index (χ4v) is 3.19. The second-order valence-electron chi connectivity index (χ2n) is 4.96. The van der Waals surface area contributed by atoms with Crippen LogP contribution in [0.15, 0.2) is 42.5 Å². The van der Waals surface area contributed by atoms with Crippen LogP contribution in [0.2, 0.25) is 5.02 Å². The van der Waals surface area contributed by atoms with Crippen molar-refractivity contribution in [3.63, 3.8) is 0 Å². The van der Waals surface area contributed by atoms with Gasteiger partial charge < -0.3 is 9.47 Å². The summed E-state index contributed by atoms with van der Waals surface area (Å²) in [7, 11) is 1.32. The van der Waals surface area contributed by atoms with E-state index in [2.05, 4.69) is 15.0 Å². The molecular formula is C17H13ClN2O4S. The van der Waals surface area contributed by atoms with E-state index in [4.69, 9.17) is 16.3 Å². The smallest absolute Gasteiger partial charge is 0.337 e. The molecule has 25 heavy (non-hydrogen) atoms. The van der Waals surface area contributed by atoms with Gasteiger partial charge in [0.15, 0.2) is 11.7 Å². The summed E-state index contributed by atoms with van der Waals surface area (Å²) in [4.78, 5) is 27.9. The van der Waals surface area contributed by atoms with Crippen LogP contribution in [-0.4, -0.2) is 30.6 Å². The molecule has 0 spiro atoms. The molecule has 0 aliphatic carbocycles. The van der Waals surface area contributed by atoms with Crippen molar-refractivity contribution in [3.8, 4) is 5.75 Å². The summed E-state index contributed by atoms with van der Waals surface area (Å²) in [5, 5.41) is 3.52. The fourth-order valence-electron chi connectivity index (χ4n) is 2.08. The minimum atomic E-state index is -0.422. The van der Waals surface area contributed by atoms with E-state index in [1.807, 2.05) is 0 Å². The van der Waals surface area contributed by atoms with Crippen molar-refractivity contribution in [2.75, 3.05) is 19.0 Å². The Labute approximate surface area is 152 Å². The molecule has 1 heterocycles. The highest BCUT2D eigenvalue weighted by molar-refractivity contribution is 7.22. The Hall–Kier alpha value is -2.64. The largest absolute Gasteiger partial charge is 0.482 e. The van der Waals surface area contributed by atoms with Gasteiger partial charge in [0.2, 0.25) is 0 Å². The Morgan fingerprint density at radius 2 is 2.04 bits per heavy atom. The lowest BCUT2D eigenvalue weighted by Gasteiger charge is -2.06. The van der Waals surface area contributed by atoms with Crippen LogP contribution in [0.4, 0.5) is 5.13 Å². The van der Waals surface area contributed by atoms with Crippen molar-refractivity contribution in [1.82, 2.24) is 4.98 Å². The van der Waals surface area contributed by atoms with Gasteiger partial charge in [0.05, 0.1) is 27.9 Å². The number of nitrogens with one attached hydrogen (secondary N) is 1. The molecule has 0 fully saturated rings. The van der Waals surface area contributed by atoms with E-state index in [9.17, 15) is 9.59 Å². The van der Waals surface area contributed by atoms with Crippen LogP contribution in [0.3, 0.4) is 0 Å². The molecule has 3 rings (SSSR count). The minimum Gasteiger partial charge on any atom is -0.482 e. The standard InChI is InChI=1S/C17H13ClN2O4S/c1-23-16(22)10-6-7-12-14(8-10)25-17(19-12)20-15(21)9-24-13-5-3-2-4-11(13)18/h2-8H,9H2,1H3,(H,19,20,21). The van der Waals surface area contributed by atoms with Gasteiger partial charge in [-0.3, -0.25) is 10.1 Å². The van der Waals surface area contributed by atoms with Crippen LogP contribution >= 0.6 is 22.9 Å². The zero-order valence-corrected chi connectivity index (χ0v) is 14.7. The lowest BCUT2D eigenvalue weighted by atomic mass is 10.2. The molecule has 0 aliphatic heterocycles. The number of esters is 1. The molecule has 128 valence electrons. The minimum absolute atomic E-state index is 0.187. The molecule has 0 bridgehead atoms. The lowest BCUT2D eigenvalue weighted by Crippen LogP contribution is -2.20. The van der Waals surface area contributed by atoms with Gasteiger partial charge >= 0.3 is 5.97 Å². The third-order valence-electron chi connectivity index (χ3n) is 3.25. The van der Waals surface area contributed by atoms with E-state index < -0.39 is 5.97 Å². The van der Waals surface area contributed by atoms with Crippen molar-refractivity contribution >= 4 is 50.2 Å². The van der Waals surface area contributed by atoms with Crippen LogP contribution in [0.1, 0.15) is 10.4 Å². The summed E-state index contributed by atoms with van der Waals surface area (Å²) in [5.41, 5.74) is 1.11. The molecule has 1 aromatic heterocycles. The van der Waals surface area contributed by atoms with Gasteiger partial charge in [0.25, 0.3) is 5.91 Å². The van der Waals surface area contributed by atoms with Crippen LogP contribution < -0.4 is 10.1 Å². The Bertz CT molecular complexity index is 941. The zero-order valence-electron chi connectivity index (χ0n) is 13.1. The summed E-state index contributed by atoms with van der Waals surface area (Å²) in [6.07, 6.45) is 0. The average molecular weight is 377 g/mol. The molecule has 0 saturated heterocycles. The first-order valence-electron chi connectivity index (χ1n) is 7.23. The number of para-hydroxylation sites is 1. The number of halogens is 1. The number of carbonyl (C=O) groups excluding carboxylic acids is 2. The number of amides is 1. The normalized spacial score (nSPS) is 10.5. The van der Waals surface area contributed by atoms with E-state index in [0.29, 0.717) is 27.0 Å². The van der Waals surface area contributed by atoms with E-state index in [-0.39, 0.29) is 12.5 Å². The molecule has 6 nitrogen and oxygen atoms in total. The number of thiazole rings is 1. The number of hydrogen-bond donors (Lipinski definition) is 1. The molecule has 8 heteroatoms. The third-order valence-corrected chi connectivity index (χ3v) is 4.50. The number of rotatable bonds is 5. The number of ether oxygens (including phenoxy) is 2. The number of nitrogens with zero attached hydrogens (tertiary/aromatic N) is 1. The fraction of sp³-hybridized carbons (Fsp3) is 0.118. The van der Waals surface area contributed by atoms with E-state index >= 15 is 0 Å². The van der Waals surface area contributed by atoms with Crippen molar-refractivity contribution in [1.29, 1.82) is 0 Å². The van der Waals surface area contributed by atoms with E-state index in [0.717, 1.165) is 4.70 Å². The van der Waals surface area contributed by atoms with Crippen LogP contribution in [0.25, 0.3) is 10.2 Å². The summed E-state index contributed by atoms with van der Waals surface area (Å²) in [5.74, 6) is -0.340. The van der Waals surface area contributed by atoms with Gasteiger partial charge in [-0.2, -0.15) is 0 Å². The van der Waals surface area contributed by atoms with Crippen LogP contribution in [0.5, 0.6) is 5.75 Å². The summed E-state index contributed by atoms with van der Waals surface area (Å²) in [6, 6.07) is 11.9. The Morgan fingerprint density at radius 3 is 2.80 bits per heavy atom. The number of carbonyl (C=O) groups is 2. The monoisotopic (exact) mass is 376 g/mol. The first-order valence-corrected chi connectivity index (χ1v) is 8.42. The SMILES string of the molecule is COC(=O)c1ccc2nc(NC(=O)COc3ccccc3Cl)sc2c1. The maximum Gasteiger partial charge on any atom is 0.337 e. The number of fused-ring (bicyclic) bond motifs is 1. The first kappa shape index (κ1) is 17.2. The highest BCUT2D eigenvalue weighted by atomic mass is 35.5. The summed E-state index contributed by atoms with van der Waals surface area (Å²) >= 11 is 7.23. The third kappa shape index (κ3) is 4.07. The number of methoxy groups -OCH3 is 1. The topological polar surface area (TPSA) is 77.5 Å². The second-order valence-corrected chi connectivity index (χ2v) is 6.40. The molecule has 0 radical (unpaired) electrons. The molecule has 0 unspecified atom stereocenters. The number of hydrogen-bond acceptors (Lipinski definition) is 6. The Balaban J connectivity index is 1.67. The predicted octanol–water partition coefficient (Wildman–Crippen LogP) is 3.75. The number of aromatic nitrogens is 1. The van der Waals surface area contributed by atoms with Gasteiger partial charge in [-0.25, -0.2) is 9.78 Å². The summed E-state index contributed by atoms with van der Waals surface area (Å²) < 4.78 is 10.8. The Kier molecular flexibility index (Phi) is 5.16. The van der Waals surface area contributed by atoms with Gasteiger partial charge in [-0.15, -0.1) is 0 Å². The molecule has 1 N–H and O–H groups in total. The van der Waals surface area contributed by atoms with Crippen molar-refractivity contribution in [2.24, 2.45) is 0 Å². The predicted molar refractivity (Wildman–Crippen MR) is 96.5 cm³/mol. The maximum atomic E-state index is 12.0. The molecule has 1 amide bonds. The Morgan fingerprint density at radius 1 is 1.24 bits per heavy atom. The van der Waals surface area contributed by atoms with Crippen molar-refractivity contribution in [3.05, 3.63) is 53.1 Å². The number of anilines is 1. The quantitative estimate of drug-likeness (QED) is 0.686. The molecule has 3 aromatic rings. The highest BCUT2D eigenvalue weighted by Crippen LogP contribution is 2.27. The molecule has 0 aliphatic rings. The first-order chi connectivity index (χ1) is 12.1. The van der Waals surface area contributed by atoms with Gasteiger partial charge in [0.1, 0.15) is 5.75 Å². The van der Waals surface area contributed by atoms with Crippen molar-refractivity contribution in [2.45, 2.75) is 0 Å². The molecule has 2 aromatic carbocycles. The highest BCUT2D eigenvalue weighted by Gasteiger charge is 2.12. The average Bonchev–Trinajstić information content (AvgIpc) is 3.01. The van der Waals surface area contributed by atoms with Crippen LogP contribution in [0, 0.1) is 0 Å². The number of benzene rings is 2. The second kappa shape index (κ2) is 7.50. The zero-order chi connectivity index (χ0) is 17.8. The van der Waals surface area contributed by atoms with Gasteiger partial charge in [-0.05, 0) is 30.3 Å². The van der Waals surface area contributed by atoms with E-state index in [1.54, 1.807) is 42.5 Å². The van der Waals surface area contributed by atoms with Crippen molar-refractivity contribution < 1.29 is 19.1 Å². The molecule has 0 atom stereocenters.